The third-order valence-electron chi connectivity index (χ3n) is 2.88. The van der Waals surface area contributed by atoms with Crippen LogP contribution in [0.15, 0.2) is 18.2 Å². The summed E-state index contributed by atoms with van der Waals surface area (Å²) in [7, 11) is -2.11. The molecule has 0 radical (unpaired) electrons. The van der Waals surface area contributed by atoms with Crippen molar-refractivity contribution in [1.82, 2.24) is 0 Å². The van der Waals surface area contributed by atoms with E-state index in [0.29, 0.717) is 18.4 Å². The zero-order chi connectivity index (χ0) is 12.6. The topological polar surface area (TPSA) is 87.0 Å². The van der Waals surface area contributed by atoms with Crippen molar-refractivity contribution in [2.45, 2.75) is 18.3 Å². The molecule has 17 heavy (non-hydrogen) atoms. The van der Waals surface area contributed by atoms with E-state index in [1.807, 2.05) is 0 Å². The minimum Gasteiger partial charge on any atom is -0.510 e. The van der Waals surface area contributed by atoms with Crippen LogP contribution in [0.25, 0.3) is 0 Å². The second kappa shape index (κ2) is 4.01. The van der Waals surface area contributed by atoms with Gasteiger partial charge >= 0.3 is 13.3 Å². The highest BCUT2D eigenvalue weighted by Crippen LogP contribution is 2.48. The molecular weight excluding hydrogens is 230 g/mol. The van der Waals surface area contributed by atoms with Crippen LogP contribution < -0.4 is 4.65 Å². The minimum absolute atomic E-state index is 0.329. The van der Waals surface area contributed by atoms with Crippen LogP contribution in [0.1, 0.15) is 18.4 Å². The molecule has 5 nitrogen and oxygen atoms in total. The number of halogens is 1. The molecule has 0 saturated heterocycles. The lowest BCUT2D eigenvalue weighted by atomic mass is 9.96. The van der Waals surface area contributed by atoms with Crippen LogP contribution in [0.2, 0.25) is 0 Å². The first kappa shape index (κ1) is 11.9. The van der Waals surface area contributed by atoms with Gasteiger partial charge in [-0.3, -0.25) is 4.79 Å². The van der Waals surface area contributed by atoms with E-state index in [1.165, 1.54) is 12.1 Å². The molecule has 0 amide bonds. The molecular formula is C10H10BFO5. The fourth-order valence-electron chi connectivity index (χ4n) is 1.76. The summed E-state index contributed by atoms with van der Waals surface area (Å²) in [6, 6.07) is 3.66. The van der Waals surface area contributed by atoms with E-state index in [9.17, 15) is 9.18 Å². The first-order chi connectivity index (χ1) is 7.95. The first-order valence-corrected chi connectivity index (χ1v) is 5.02. The molecule has 0 atom stereocenters. The van der Waals surface area contributed by atoms with Gasteiger partial charge in [0.05, 0.1) is 5.41 Å². The summed E-state index contributed by atoms with van der Waals surface area (Å²) in [5.74, 6) is -2.12. The lowest BCUT2D eigenvalue weighted by molar-refractivity contribution is -0.140. The van der Waals surface area contributed by atoms with Crippen LogP contribution in [-0.2, 0) is 10.2 Å². The van der Waals surface area contributed by atoms with Crippen LogP contribution >= 0.6 is 0 Å². The Morgan fingerprint density at radius 1 is 1.41 bits per heavy atom. The van der Waals surface area contributed by atoms with E-state index in [-0.39, 0.29) is 5.75 Å². The number of carbonyl (C=O) groups is 1. The molecule has 0 aliphatic heterocycles. The Kier molecular flexibility index (Phi) is 2.80. The van der Waals surface area contributed by atoms with E-state index in [4.69, 9.17) is 15.2 Å². The smallest absolute Gasteiger partial charge is 0.510 e. The predicted octanol–water partition coefficient (Wildman–Crippen LogP) is 0.290. The fourth-order valence-corrected chi connectivity index (χ4v) is 1.76. The normalized spacial score (nSPS) is 16.4. The molecule has 7 heteroatoms. The number of carboxylic acids is 1. The Bertz CT molecular complexity index is 458. The minimum atomic E-state index is -2.11. The Labute approximate surface area is 96.6 Å². The highest BCUT2D eigenvalue weighted by Gasteiger charge is 2.51. The van der Waals surface area contributed by atoms with Crippen molar-refractivity contribution in [3.05, 3.63) is 29.6 Å². The van der Waals surface area contributed by atoms with E-state index in [0.717, 1.165) is 6.07 Å². The summed E-state index contributed by atoms with van der Waals surface area (Å²) in [4.78, 5) is 11.0. The molecule has 0 spiro atoms. The standard InChI is InChI=1S/C10H10BFO5/c12-7-5-6(10(3-4-10)9(13)14)1-2-8(7)17-11(15)16/h1-2,5,15-16H,3-4H2,(H,13,14). The molecule has 90 valence electrons. The molecule has 0 unspecified atom stereocenters. The molecule has 1 saturated carbocycles. The average molecular weight is 240 g/mol. The maximum absolute atomic E-state index is 13.5. The van der Waals surface area contributed by atoms with Crippen molar-refractivity contribution in [2.75, 3.05) is 0 Å². The first-order valence-electron chi connectivity index (χ1n) is 5.02. The number of hydrogen-bond donors (Lipinski definition) is 3. The molecule has 1 aromatic rings. The molecule has 1 aliphatic carbocycles. The van der Waals surface area contributed by atoms with Gasteiger partial charge in [0.2, 0.25) is 0 Å². The third kappa shape index (κ3) is 2.11. The van der Waals surface area contributed by atoms with Crippen LogP contribution in [0.5, 0.6) is 5.75 Å². The van der Waals surface area contributed by atoms with E-state index in [2.05, 4.69) is 4.65 Å². The van der Waals surface area contributed by atoms with Gasteiger partial charge in [-0.2, -0.15) is 0 Å². The summed E-state index contributed by atoms with van der Waals surface area (Å²) < 4.78 is 17.9. The Morgan fingerprint density at radius 2 is 2.06 bits per heavy atom. The second-order valence-corrected chi connectivity index (χ2v) is 3.98. The van der Waals surface area contributed by atoms with E-state index in [1.54, 1.807) is 0 Å². The lowest BCUT2D eigenvalue weighted by Crippen LogP contribution is -2.22. The van der Waals surface area contributed by atoms with Gasteiger partial charge in [0.1, 0.15) is 5.75 Å². The van der Waals surface area contributed by atoms with Crippen molar-refractivity contribution in [3.63, 3.8) is 0 Å². The van der Waals surface area contributed by atoms with Gasteiger partial charge in [0, 0.05) is 0 Å². The number of carboxylic acid groups (broad SMARTS) is 1. The molecule has 2 rings (SSSR count). The predicted molar refractivity (Wildman–Crippen MR) is 55.8 cm³/mol. The molecule has 3 N–H and O–H groups in total. The van der Waals surface area contributed by atoms with Gasteiger partial charge in [0.25, 0.3) is 0 Å². The summed E-state index contributed by atoms with van der Waals surface area (Å²) in [6.45, 7) is 0. The molecule has 1 fully saturated rings. The largest absolute Gasteiger partial charge is 0.707 e. The van der Waals surface area contributed by atoms with E-state index < -0.39 is 24.5 Å². The lowest BCUT2D eigenvalue weighted by Gasteiger charge is -2.12. The number of aliphatic carboxylic acids is 1. The molecule has 1 aromatic carbocycles. The summed E-state index contributed by atoms with van der Waals surface area (Å²) in [6.07, 6.45) is 0.954. The highest BCUT2D eigenvalue weighted by atomic mass is 19.1. The molecule has 1 aliphatic rings. The second-order valence-electron chi connectivity index (χ2n) is 3.98. The Morgan fingerprint density at radius 3 is 2.47 bits per heavy atom. The number of rotatable bonds is 4. The van der Waals surface area contributed by atoms with Crippen LogP contribution in [0.3, 0.4) is 0 Å². The van der Waals surface area contributed by atoms with Crippen molar-refractivity contribution in [2.24, 2.45) is 0 Å². The summed E-state index contributed by atoms with van der Waals surface area (Å²) in [5, 5.41) is 26.1. The molecule has 0 heterocycles. The van der Waals surface area contributed by atoms with Crippen LogP contribution in [0, 0.1) is 5.82 Å². The third-order valence-corrected chi connectivity index (χ3v) is 2.88. The van der Waals surface area contributed by atoms with Gasteiger partial charge in [-0.05, 0) is 30.5 Å². The van der Waals surface area contributed by atoms with Gasteiger partial charge in [-0.25, -0.2) is 4.39 Å². The number of hydrogen-bond acceptors (Lipinski definition) is 4. The Balaban J connectivity index is 2.28. The van der Waals surface area contributed by atoms with Gasteiger partial charge in [0.15, 0.2) is 5.82 Å². The zero-order valence-electron chi connectivity index (χ0n) is 8.76. The van der Waals surface area contributed by atoms with Gasteiger partial charge < -0.3 is 19.8 Å². The molecule has 0 bridgehead atoms. The SMILES string of the molecule is O=C(O)C1(c2ccc(OB(O)O)c(F)c2)CC1. The maximum atomic E-state index is 13.5. The van der Waals surface area contributed by atoms with Crippen molar-refractivity contribution in [3.8, 4) is 5.75 Å². The summed E-state index contributed by atoms with van der Waals surface area (Å²) >= 11 is 0. The highest BCUT2D eigenvalue weighted by molar-refractivity contribution is 6.33. The van der Waals surface area contributed by atoms with Crippen LogP contribution in [0.4, 0.5) is 4.39 Å². The summed E-state index contributed by atoms with van der Waals surface area (Å²) in [5.41, 5.74) is -0.626. The maximum Gasteiger partial charge on any atom is 0.707 e. The molecule has 0 aromatic heterocycles. The fraction of sp³-hybridized carbons (Fsp3) is 0.300. The van der Waals surface area contributed by atoms with Crippen molar-refractivity contribution in [1.29, 1.82) is 0 Å². The van der Waals surface area contributed by atoms with Gasteiger partial charge in [-0.15, -0.1) is 0 Å². The van der Waals surface area contributed by atoms with Gasteiger partial charge in [-0.1, -0.05) is 6.07 Å². The Hall–Kier alpha value is -1.60. The monoisotopic (exact) mass is 240 g/mol. The van der Waals surface area contributed by atoms with Crippen molar-refractivity contribution < 1.29 is 29.0 Å². The quantitative estimate of drug-likeness (QED) is 0.658. The average Bonchev–Trinajstić information content (AvgIpc) is 3.01. The van der Waals surface area contributed by atoms with Crippen molar-refractivity contribution >= 4 is 13.3 Å². The van der Waals surface area contributed by atoms with Crippen LogP contribution in [-0.4, -0.2) is 28.4 Å². The zero-order valence-corrected chi connectivity index (χ0v) is 8.76. The van der Waals surface area contributed by atoms with E-state index >= 15 is 0 Å². The number of benzene rings is 1.